The third-order valence-electron chi connectivity index (χ3n) is 3.30. The molecule has 0 radical (unpaired) electrons. The summed E-state index contributed by atoms with van der Waals surface area (Å²) < 4.78 is 0. The second kappa shape index (κ2) is 6.07. The molecule has 0 fully saturated rings. The zero-order valence-electron chi connectivity index (χ0n) is 10.5. The Balaban J connectivity index is 1.91. The quantitative estimate of drug-likeness (QED) is 0.642. The average molecular weight is 345 g/mol. The molecule has 1 atom stereocenters. The molecule has 0 aromatic heterocycles. The van der Waals surface area contributed by atoms with Crippen molar-refractivity contribution in [3.63, 3.8) is 0 Å². The van der Waals surface area contributed by atoms with Gasteiger partial charge in [-0.25, -0.2) is 0 Å². The number of benzene rings is 2. The van der Waals surface area contributed by atoms with Crippen LogP contribution in [0, 0.1) is 0 Å². The van der Waals surface area contributed by atoms with Crippen LogP contribution < -0.4 is 5.32 Å². The van der Waals surface area contributed by atoms with E-state index in [-0.39, 0.29) is 6.04 Å². The van der Waals surface area contributed by atoms with Gasteiger partial charge in [-0.15, -0.1) is 11.8 Å². The largest absolute Gasteiger partial charge is 0.377 e. The maximum absolute atomic E-state index is 6.24. The van der Waals surface area contributed by atoms with Crippen molar-refractivity contribution in [1.82, 2.24) is 0 Å². The van der Waals surface area contributed by atoms with Gasteiger partial charge >= 0.3 is 0 Å². The highest BCUT2D eigenvalue weighted by molar-refractivity contribution is 7.99. The molecule has 2 aromatic rings. The molecule has 1 nitrogen and oxygen atoms in total. The number of thioether (sulfide) groups is 1. The summed E-state index contributed by atoms with van der Waals surface area (Å²) >= 11 is 20.2. The molecule has 1 unspecified atom stereocenters. The normalized spacial score (nSPS) is 17.6. The predicted molar refractivity (Wildman–Crippen MR) is 89.6 cm³/mol. The van der Waals surface area contributed by atoms with Crippen LogP contribution in [-0.2, 0) is 0 Å². The fourth-order valence-electron chi connectivity index (χ4n) is 2.31. The van der Waals surface area contributed by atoms with Gasteiger partial charge in [-0.3, -0.25) is 0 Å². The number of halogens is 3. The molecule has 5 heteroatoms. The van der Waals surface area contributed by atoms with Gasteiger partial charge in [-0.2, -0.15) is 0 Å². The minimum Gasteiger partial charge on any atom is -0.377 e. The van der Waals surface area contributed by atoms with Crippen LogP contribution in [0.2, 0.25) is 15.1 Å². The smallest absolute Gasteiger partial charge is 0.0653 e. The van der Waals surface area contributed by atoms with Crippen molar-refractivity contribution in [3.8, 4) is 0 Å². The van der Waals surface area contributed by atoms with E-state index in [1.165, 1.54) is 10.5 Å². The van der Waals surface area contributed by atoms with E-state index in [1.807, 2.05) is 11.8 Å². The summed E-state index contributed by atoms with van der Waals surface area (Å²) in [7, 11) is 0. The van der Waals surface area contributed by atoms with Crippen LogP contribution in [-0.4, -0.2) is 5.75 Å². The monoisotopic (exact) mass is 343 g/mol. The molecule has 1 aliphatic heterocycles. The van der Waals surface area contributed by atoms with Gasteiger partial charge in [0, 0.05) is 10.6 Å². The predicted octanol–water partition coefficient (Wildman–Crippen LogP) is 6.30. The summed E-state index contributed by atoms with van der Waals surface area (Å²) in [6.45, 7) is 0. The van der Waals surface area contributed by atoms with E-state index >= 15 is 0 Å². The first-order chi connectivity index (χ1) is 9.65. The summed E-state index contributed by atoms with van der Waals surface area (Å²) in [6.07, 6.45) is 1.05. The molecule has 1 aliphatic rings. The summed E-state index contributed by atoms with van der Waals surface area (Å²) in [5.74, 6) is 1.09. The van der Waals surface area contributed by atoms with Crippen molar-refractivity contribution in [2.24, 2.45) is 0 Å². The van der Waals surface area contributed by atoms with Crippen molar-refractivity contribution >= 4 is 52.3 Å². The molecule has 0 saturated carbocycles. The van der Waals surface area contributed by atoms with Crippen LogP contribution >= 0.6 is 46.6 Å². The van der Waals surface area contributed by atoms with Gasteiger partial charge < -0.3 is 5.32 Å². The minimum absolute atomic E-state index is 0.252. The van der Waals surface area contributed by atoms with Crippen molar-refractivity contribution < 1.29 is 0 Å². The second-order valence-corrected chi connectivity index (χ2v) is 6.98. The van der Waals surface area contributed by atoms with Crippen LogP contribution in [0.1, 0.15) is 18.0 Å². The lowest BCUT2D eigenvalue weighted by atomic mass is 10.0. The number of hydrogen-bond donors (Lipinski definition) is 1. The topological polar surface area (TPSA) is 12.0 Å². The first kappa shape index (κ1) is 14.4. The van der Waals surface area contributed by atoms with E-state index in [0.29, 0.717) is 15.1 Å². The Kier molecular flexibility index (Phi) is 4.37. The third kappa shape index (κ3) is 2.89. The minimum atomic E-state index is 0.252. The Morgan fingerprint density at radius 1 is 1.00 bits per heavy atom. The first-order valence-corrected chi connectivity index (χ1v) is 8.40. The van der Waals surface area contributed by atoms with Crippen molar-refractivity contribution in [2.45, 2.75) is 17.4 Å². The standard InChI is InChI=1S/C15H12Cl3NS/c16-10-7-12(18)14(8-11(10)17)19-13-5-6-20-15-4-2-1-3-9(13)15/h1-4,7-8,13,19H,5-6H2. The average Bonchev–Trinajstić information content (AvgIpc) is 2.45. The van der Waals surface area contributed by atoms with Gasteiger partial charge in [-0.05, 0) is 30.2 Å². The molecule has 20 heavy (non-hydrogen) atoms. The number of hydrogen-bond acceptors (Lipinski definition) is 2. The molecule has 0 bridgehead atoms. The van der Waals surface area contributed by atoms with Gasteiger partial charge in [0.1, 0.15) is 0 Å². The highest BCUT2D eigenvalue weighted by Gasteiger charge is 2.21. The molecular weight excluding hydrogens is 333 g/mol. The number of nitrogens with one attached hydrogen (secondary N) is 1. The van der Waals surface area contributed by atoms with E-state index < -0.39 is 0 Å². The summed E-state index contributed by atoms with van der Waals surface area (Å²) in [4.78, 5) is 1.33. The SMILES string of the molecule is Clc1cc(Cl)c(NC2CCSc3ccccc32)cc1Cl. The van der Waals surface area contributed by atoms with Gasteiger partial charge in [-0.1, -0.05) is 53.0 Å². The fraction of sp³-hybridized carbons (Fsp3) is 0.200. The molecule has 1 heterocycles. The Morgan fingerprint density at radius 3 is 2.60 bits per heavy atom. The van der Waals surface area contributed by atoms with E-state index in [0.717, 1.165) is 17.9 Å². The van der Waals surface area contributed by atoms with Crippen LogP contribution in [0.3, 0.4) is 0 Å². The van der Waals surface area contributed by atoms with E-state index in [9.17, 15) is 0 Å². The van der Waals surface area contributed by atoms with Gasteiger partial charge in [0.2, 0.25) is 0 Å². The highest BCUT2D eigenvalue weighted by atomic mass is 35.5. The third-order valence-corrected chi connectivity index (χ3v) is 5.46. The molecule has 104 valence electrons. The Labute approximate surface area is 137 Å². The lowest BCUT2D eigenvalue weighted by Crippen LogP contribution is -2.16. The Morgan fingerprint density at radius 2 is 1.75 bits per heavy atom. The van der Waals surface area contributed by atoms with Crippen molar-refractivity contribution in [1.29, 1.82) is 0 Å². The Hall–Kier alpha value is -0.540. The molecule has 1 N–H and O–H groups in total. The summed E-state index contributed by atoms with van der Waals surface area (Å²) in [5, 5.41) is 5.06. The molecule has 0 saturated heterocycles. The molecule has 0 spiro atoms. The molecule has 3 rings (SSSR count). The van der Waals surface area contributed by atoms with E-state index in [2.05, 4.69) is 29.6 Å². The van der Waals surface area contributed by atoms with Crippen LogP contribution in [0.4, 0.5) is 5.69 Å². The maximum atomic E-state index is 6.24. The summed E-state index contributed by atoms with van der Waals surface area (Å²) in [5.41, 5.74) is 2.14. The second-order valence-electron chi connectivity index (χ2n) is 4.62. The number of fused-ring (bicyclic) bond motifs is 1. The molecule has 2 aromatic carbocycles. The van der Waals surface area contributed by atoms with E-state index in [4.69, 9.17) is 34.8 Å². The summed E-state index contributed by atoms with van der Waals surface area (Å²) in [6, 6.07) is 12.2. The van der Waals surface area contributed by atoms with Crippen LogP contribution in [0.25, 0.3) is 0 Å². The first-order valence-electron chi connectivity index (χ1n) is 6.28. The van der Waals surface area contributed by atoms with Gasteiger partial charge in [0.15, 0.2) is 0 Å². The number of rotatable bonds is 2. The highest BCUT2D eigenvalue weighted by Crippen LogP contribution is 2.40. The van der Waals surface area contributed by atoms with Gasteiger partial charge in [0.25, 0.3) is 0 Å². The molecule has 0 aliphatic carbocycles. The van der Waals surface area contributed by atoms with Crippen molar-refractivity contribution in [3.05, 3.63) is 57.0 Å². The lowest BCUT2D eigenvalue weighted by Gasteiger charge is -2.27. The number of anilines is 1. The molecule has 0 amide bonds. The Bertz CT molecular complexity index is 645. The van der Waals surface area contributed by atoms with Crippen LogP contribution in [0.15, 0.2) is 41.3 Å². The molecular formula is C15H12Cl3NS. The fourth-order valence-corrected chi connectivity index (χ4v) is 4.04. The maximum Gasteiger partial charge on any atom is 0.0653 e. The van der Waals surface area contributed by atoms with E-state index in [1.54, 1.807) is 12.1 Å². The zero-order valence-corrected chi connectivity index (χ0v) is 13.6. The van der Waals surface area contributed by atoms with Crippen molar-refractivity contribution in [2.75, 3.05) is 11.1 Å². The van der Waals surface area contributed by atoms with Crippen LogP contribution in [0.5, 0.6) is 0 Å². The zero-order chi connectivity index (χ0) is 14.1. The van der Waals surface area contributed by atoms with Gasteiger partial charge in [0.05, 0.1) is 26.8 Å². The lowest BCUT2D eigenvalue weighted by molar-refractivity contribution is 0.729.